The summed E-state index contributed by atoms with van der Waals surface area (Å²) >= 11 is 3.47. The fourth-order valence-corrected chi connectivity index (χ4v) is 3.11. The molecule has 2 N–H and O–H groups in total. The van der Waals surface area contributed by atoms with E-state index in [2.05, 4.69) is 31.7 Å². The van der Waals surface area contributed by atoms with E-state index in [9.17, 15) is 9.59 Å². The molecule has 1 aromatic heterocycles. The number of hydrogen-bond acceptors (Lipinski definition) is 3. The Morgan fingerprint density at radius 3 is 2.96 bits per heavy atom. The molecular formula is C16H18BrN5O2. The van der Waals surface area contributed by atoms with Crippen molar-refractivity contribution in [1.29, 1.82) is 0 Å². The highest BCUT2D eigenvalue weighted by atomic mass is 79.9. The molecule has 0 spiro atoms. The average Bonchev–Trinajstić information content (AvgIpc) is 3.00. The second-order valence-electron chi connectivity index (χ2n) is 5.68. The number of hydrogen-bond donors (Lipinski definition) is 2. The number of likely N-dealkylation sites (N-methyl/N-ethyl adjacent to an activating group) is 1. The van der Waals surface area contributed by atoms with Gasteiger partial charge in [0.2, 0.25) is 5.91 Å². The summed E-state index contributed by atoms with van der Waals surface area (Å²) in [6.07, 6.45) is 4.82. The highest BCUT2D eigenvalue weighted by molar-refractivity contribution is 9.10. The van der Waals surface area contributed by atoms with E-state index in [4.69, 9.17) is 0 Å². The molecule has 7 nitrogen and oxygen atoms in total. The van der Waals surface area contributed by atoms with E-state index in [1.165, 1.54) is 0 Å². The molecule has 0 aliphatic carbocycles. The minimum Gasteiger partial charge on any atom is -0.344 e. The van der Waals surface area contributed by atoms with E-state index >= 15 is 0 Å². The van der Waals surface area contributed by atoms with Crippen LogP contribution in [0, 0.1) is 0 Å². The maximum Gasteiger partial charge on any atom is 0.319 e. The van der Waals surface area contributed by atoms with Crippen LogP contribution in [0.1, 0.15) is 12.8 Å². The quantitative estimate of drug-likeness (QED) is 0.842. The molecular weight excluding hydrogens is 374 g/mol. The Balaban J connectivity index is 1.63. The number of urea groups is 1. The zero-order valence-electron chi connectivity index (χ0n) is 13.2. The van der Waals surface area contributed by atoms with Crippen LogP contribution in [0.15, 0.2) is 41.1 Å². The molecule has 1 aromatic carbocycles. The van der Waals surface area contributed by atoms with E-state index in [0.29, 0.717) is 12.1 Å². The third-order valence-corrected chi connectivity index (χ3v) is 4.58. The van der Waals surface area contributed by atoms with Crippen molar-refractivity contribution in [2.75, 3.05) is 18.9 Å². The van der Waals surface area contributed by atoms with Crippen LogP contribution in [-0.2, 0) is 4.79 Å². The van der Waals surface area contributed by atoms with Gasteiger partial charge in [-0.05, 0) is 40.9 Å². The van der Waals surface area contributed by atoms with Crippen molar-refractivity contribution in [3.05, 3.63) is 41.1 Å². The lowest BCUT2D eigenvalue weighted by Crippen LogP contribution is -2.51. The summed E-state index contributed by atoms with van der Waals surface area (Å²) in [6, 6.07) is 6.78. The van der Waals surface area contributed by atoms with Crippen LogP contribution in [0.25, 0.3) is 5.69 Å². The van der Waals surface area contributed by atoms with Crippen LogP contribution >= 0.6 is 15.9 Å². The largest absolute Gasteiger partial charge is 0.344 e. The lowest BCUT2D eigenvalue weighted by Gasteiger charge is -2.29. The SMILES string of the molecule is CN1CCCC(NC(=O)Nc2cnn(-c3ccccc3Br)c2)C1=O. The second kappa shape index (κ2) is 7.04. The molecule has 3 amide bonds. The molecule has 24 heavy (non-hydrogen) atoms. The molecule has 2 heterocycles. The van der Waals surface area contributed by atoms with Gasteiger partial charge in [-0.1, -0.05) is 12.1 Å². The smallest absolute Gasteiger partial charge is 0.319 e. The second-order valence-corrected chi connectivity index (χ2v) is 6.53. The lowest BCUT2D eigenvalue weighted by molar-refractivity contribution is -0.134. The van der Waals surface area contributed by atoms with Gasteiger partial charge >= 0.3 is 6.03 Å². The summed E-state index contributed by atoms with van der Waals surface area (Å²) in [5, 5.41) is 9.68. The number of benzene rings is 1. The molecule has 1 unspecified atom stereocenters. The van der Waals surface area contributed by atoms with E-state index in [1.807, 2.05) is 24.3 Å². The maximum absolute atomic E-state index is 12.1. The van der Waals surface area contributed by atoms with Gasteiger partial charge in [-0.15, -0.1) is 0 Å². The number of piperidine rings is 1. The van der Waals surface area contributed by atoms with Crippen molar-refractivity contribution in [3.63, 3.8) is 0 Å². The lowest BCUT2D eigenvalue weighted by atomic mass is 10.1. The number of anilines is 1. The number of nitrogens with one attached hydrogen (secondary N) is 2. The highest BCUT2D eigenvalue weighted by Crippen LogP contribution is 2.21. The first kappa shape index (κ1) is 16.5. The molecule has 1 saturated heterocycles. The first-order valence-corrected chi connectivity index (χ1v) is 8.46. The van der Waals surface area contributed by atoms with Crippen molar-refractivity contribution >= 4 is 33.6 Å². The van der Waals surface area contributed by atoms with E-state index in [-0.39, 0.29) is 5.91 Å². The van der Waals surface area contributed by atoms with Gasteiger partial charge < -0.3 is 15.5 Å². The molecule has 1 aliphatic rings. The fraction of sp³-hybridized carbons (Fsp3) is 0.312. The zero-order valence-corrected chi connectivity index (χ0v) is 14.8. The Hall–Kier alpha value is -2.35. The van der Waals surface area contributed by atoms with Crippen LogP contribution in [0.5, 0.6) is 0 Å². The number of carbonyl (C=O) groups is 2. The molecule has 1 fully saturated rings. The molecule has 1 aliphatic heterocycles. The molecule has 0 bridgehead atoms. The minimum absolute atomic E-state index is 0.0553. The Kier molecular flexibility index (Phi) is 4.84. The van der Waals surface area contributed by atoms with E-state index in [0.717, 1.165) is 23.1 Å². The number of likely N-dealkylation sites (tertiary alicyclic amines) is 1. The summed E-state index contributed by atoms with van der Waals surface area (Å²) < 4.78 is 2.57. The topological polar surface area (TPSA) is 79.3 Å². The third kappa shape index (κ3) is 3.59. The van der Waals surface area contributed by atoms with Gasteiger partial charge in [0.05, 0.1) is 23.8 Å². The molecule has 8 heteroatoms. The van der Waals surface area contributed by atoms with Crippen LogP contribution in [0.3, 0.4) is 0 Å². The zero-order chi connectivity index (χ0) is 17.1. The Morgan fingerprint density at radius 2 is 2.17 bits per heavy atom. The number of nitrogens with zero attached hydrogens (tertiary/aromatic N) is 3. The number of carbonyl (C=O) groups excluding carboxylic acids is 2. The molecule has 2 aromatic rings. The van der Waals surface area contributed by atoms with Crippen molar-refractivity contribution in [2.45, 2.75) is 18.9 Å². The van der Waals surface area contributed by atoms with Gasteiger partial charge in [-0.3, -0.25) is 4.79 Å². The van der Waals surface area contributed by atoms with Gasteiger partial charge in [-0.2, -0.15) is 5.10 Å². The molecule has 126 valence electrons. The van der Waals surface area contributed by atoms with E-state index in [1.54, 1.807) is 29.0 Å². The molecule has 0 radical (unpaired) electrons. The predicted molar refractivity (Wildman–Crippen MR) is 94.1 cm³/mol. The number of amides is 3. The van der Waals surface area contributed by atoms with Crippen molar-refractivity contribution < 1.29 is 9.59 Å². The minimum atomic E-state index is -0.470. The van der Waals surface area contributed by atoms with Gasteiger partial charge in [0.25, 0.3) is 0 Å². The average molecular weight is 392 g/mol. The maximum atomic E-state index is 12.1. The summed E-state index contributed by atoms with van der Waals surface area (Å²) in [7, 11) is 1.75. The summed E-state index contributed by atoms with van der Waals surface area (Å²) in [5.74, 6) is -0.0553. The van der Waals surface area contributed by atoms with Crippen molar-refractivity contribution in [3.8, 4) is 5.69 Å². The first-order valence-electron chi connectivity index (χ1n) is 7.66. The van der Waals surface area contributed by atoms with Gasteiger partial charge in [0.15, 0.2) is 0 Å². The normalized spacial score (nSPS) is 17.7. The molecule has 3 rings (SSSR count). The van der Waals surface area contributed by atoms with Crippen LogP contribution in [0.4, 0.5) is 10.5 Å². The number of halogens is 1. The highest BCUT2D eigenvalue weighted by Gasteiger charge is 2.27. The van der Waals surface area contributed by atoms with Gasteiger partial charge in [0, 0.05) is 18.1 Å². The molecule has 1 atom stereocenters. The first-order chi connectivity index (χ1) is 11.5. The summed E-state index contributed by atoms with van der Waals surface area (Å²) in [6.45, 7) is 0.733. The number of para-hydroxylation sites is 1. The van der Waals surface area contributed by atoms with Crippen molar-refractivity contribution in [1.82, 2.24) is 20.0 Å². The summed E-state index contributed by atoms with van der Waals surface area (Å²) in [4.78, 5) is 25.7. The van der Waals surface area contributed by atoms with Crippen molar-refractivity contribution in [2.24, 2.45) is 0 Å². The summed E-state index contributed by atoms with van der Waals surface area (Å²) in [5.41, 5.74) is 1.43. The number of rotatable bonds is 3. The van der Waals surface area contributed by atoms with Crippen LogP contribution < -0.4 is 10.6 Å². The Bertz CT molecular complexity index is 760. The van der Waals surface area contributed by atoms with E-state index < -0.39 is 12.1 Å². The Morgan fingerprint density at radius 1 is 1.38 bits per heavy atom. The van der Waals surface area contributed by atoms with Gasteiger partial charge in [-0.25, -0.2) is 9.48 Å². The van der Waals surface area contributed by atoms with Crippen LogP contribution in [-0.4, -0.2) is 46.3 Å². The predicted octanol–water partition coefficient (Wildman–Crippen LogP) is 2.38. The monoisotopic (exact) mass is 391 g/mol. The van der Waals surface area contributed by atoms with Crippen LogP contribution in [0.2, 0.25) is 0 Å². The third-order valence-electron chi connectivity index (χ3n) is 3.91. The number of aromatic nitrogens is 2. The Labute approximate surface area is 148 Å². The van der Waals surface area contributed by atoms with Gasteiger partial charge in [0.1, 0.15) is 6.04 Å². The fourth-order valence-electron chi connectivity index (χ4n) is 2.65. The molecule has 0 saturated carbocycles. The standard InChI is InChI=1S/C16H18BrN5O2/c1-21-8-4-6-13(15(21)23)20-16(24)19-11-9-18-22(10-11)14-7-3-2-5-12(14)17/h2-3,5,7,9-10,13H,4,6,8H2,1H3,(H2,19,20,24).